The molecule has 1 N–H and O–H groups in total. The second-order valence-electron chi connectivity index (χ2n) is 6.38. The molecule has 2 bridgehead atoms. The zero-order valence-electron chi connectivity index (χ0n) is 12.7. The van der Waals surface area contributed by atoms with E-state index in [1.165, 1.54) is 24.0 Å². The van der Waals surface area contributed by atoms with Crippen LogP contribution in [-0.4, -0.2) is 36.3 Å². The number of fused-ring (bicyclic) bond motifs is 2. The summed E-state index contributed by atoms with van der Waals surface area (Å²) in [5, 5.41) is 3.44. The first kappa shape index (κ1) is 13.8. The molecule has 2 aliphatic heterocycles. The second kappa shape index (κ2) is 5.70. The van der Waals surface area contributed by atoms with Crippen molar-refractivity contribution >= 4 is 5.82 Å². The molecule has 0 aromatic carbocycles. The minimum absolute atomic E-state index is 0.414. The summed E-state index contributed by atoms with van der Waals surface area (Å²) in [5.74, 6) is 1.14. The van der Waals surface area contributed by atoms with Crippen molar-refractivity contribution in [3.05, 3.63) is 23.4 Å². The van der Waals surface area contributed by atoms with E-state index < -0.39 is 0 Å². The average molecular weight is 275 g/mol. The molecule has 0 saturated carbocycles. The van der Waals surface area contributed by atoms with Crippen molar-refractivity contribution in [2.45, 2.75) is 58.4 Å². The van der Waals surface area contributed by atoms with Crippen molar-refractivity contribution in [3.63, 3.8) is 0 Å². The largest absolute Gasteiger partial charge is 0.371 e. The van der Waals surface area contributed by atoms with Crippen LogP contribution in [0.4, 0.5) is 5.82 Å². The lowest BCUT2D eigenvalue weighted by atomic mass is 10.1. The van der Waals surface area contributed by atoms with E-state index in [2.05, 4.69) is 37.1 Å². The zero-order valence-corrected chi connectivity index (χ0v) is 12.7. The van der Waals surface area contributed by atoms with Crippen LogP contribution < -0.4 is 10.2 Å². The van der Waals surface area contributed by atoms with Crippen molar-refractivity contribution in [2.75, 3.05) is 18.0 Å². The van der Waals surface area contributed by atoms with Gasteiger partial charge in [-0.3, -0.25) is 0 Å². The normalized spacial score (nSPS) is 25.5. The number of nitrogens with zero attached hydrogens (tertiary/aromatic N) is 2. The molecule has 2 aliphatic rings. The standard InChI is InChI=1S/C16H25N3O/c1-11(2)17-7-13-6-12(3)16(18-8-13)19-9-14-4-5-15(10-19)20-14/h6,8,11,14-15,17H,4-5,7,9-10H2,1-3H3. The van der Waals surface area contributed by atoms with Gasteiger partial charge in [-0.1, -0.05) is 13.8 Å². The lowest BCUT2D eigenvalue weighted by molar-refractivity contribution is 0.0302. The van der Waals surface area contributed by atoms with Gasteiger partial charge in [-0.05, 0) is 37.0 Å². The predicted molar refractivity (Wildman–Crippen MR) is 81.1 cm³/mol. The van der Waals surface area contributed by atoms with Crippen LogP contribution in [-0.2, 0) is 11.3 Å². The summed E-state index contributed by atoms with van der Waals surface area (Å²) >= 11 is 0. The molecular weight excluding hydrogens is 250 g/mol. The number of pyridine rings is 1. The maximum atomic E-state index is 5.90. The number of anilines is 1. The summed E-state index contributed by atoms with van der Waals surface area (Å²) in [5.41, 5.74) is 2.53. The molecule has 2 unspecified atom stereocenters. The van der Waals surface area contributed by atoms with E-state index in [1.54, 1.807) is 0 Å². The molecule has 3 heterocycles. The average Bonchev–Trinajstić information content (AvgIpc) is 2.75. The van der Waals surface area contributed by atoms with Gasteiger partial charge in [0.15, 0.2) is 0 Å². The van der Waals surface area contributed by atoms with Crippen LogP contribution in [0.5, 0.6) is 0 Å². The van der Waals surface area contributed by atoms with Crippen LogP contribution in [0.15, 0.2) is 12.3 Å². The van der Waals surface area contributed by atoms with Crippen molar-refractivity contribution in [1.82, 2.24) is 10.3 Å². The fourth-order valence-electron chi connectivity index (χ4n) is 3.16. The van der Waals surface area contributed by atoms with E-state index >= 15 is 0 Å². The Morgan fingerprint density at radius 2 is 2.05 bits per heavy atom. The number of hydrogen-bond donors (Lipinski definition) is 1. The molecule has 0 amide bonds. The number of morpholine rings is 1. The Balaban J connectivity index is 1.71. The lowest BCUT2D eigenvalue weighted by Crippen LogP contribution is -2.43. The summed E-state index contributed by atoms with van der Waals surface area (Å²) in [6.45, 7) is 9.37. The fourth-order valence-corrected chi connectivity index (χ4v) is 3.16. The minimum atomic E-state index is 0.414. The van der Waals surface area contributed by atoms with Gasteiger partial charge in [-0.15, -0.1) is 0 Å². The molecule has 0 radical (unpaired) electrons. The number of aryl methyl sites for hydroxylation is 1. The van der Waals surface area contributed by atoms with Crippen molar-refractivity contribution in [1.29, 1.82) is 0 Å². The molecule has 4 nitrogen and oxygen atoms in total. The third-order valence-electron chi connectivity index (χ3n) is 4.16. The summed E-state index contributed by atoms with van der Waals surface area (Å²) in [7, 11) is 0. The highest BCUT2D eigenvalue weighted by Gasteiger charge is 2.34. The van der Waals surface area contributed by atoms with E-state index in [-0.39, 0.29) is 0 Å². The number of rotatable bonds is 4. The molecule has 2 fully saturated rings. The lowest BCUT2D eigenvalue weighted by Gasteiger charge is -2.33. The Hall–Kier alpha value is -1.13. The smallest absolute Gasteiger partial charge is 0.131 e. The molecule has 0 spiro atoms. The van der Waals surface area contributed by atoms with Gasteiger partial charge in [-0.25, -0.2) is 4.98 Å². The Labute approximate surface area is 121 Å². The molecule has 20 heavy (non-hydrogen) atoms. The first-order valence-corrected chi connectivity index (χ1v) is 7.71. The van der Waals surface area contributed by atoms with E-state index in [1.807, 2.05) is 6.20 Å². The topological polar surface area (TPSA) is 37.4 Å². The van der Waals surface area contributed by atoms with Gasteiger partial charge in [0.1, 0.15) is 5.82 Å². The summed E-state index contributed by atoms with van der Waals surface area (Å²) < 4.78 is 5.90. The zero-order chi connectivity index (χ0) is 14.1. The van der Waals surface area contributed by atoms with E-state index in [0.29, 0.717) is 18.2 Å². The molecule has 2 atom stereocenters. The predicted octanol–water partition coefficient (Wildman–Crippen LogP) is 2.26. The third-order valence-corrected chi connectivity index (χ3v) is 4.16. The van der Waals surface area contributed by atoms with Crippen LogP contribution in [0.3, 0.4) is 0 Å². The van der Waals surface area contributed by atoms with Gasteiger partial charge < -0.3 is 15.0 Å². The SMILES string of the molecule is Cc1cc(CNC(C)C)cnc1N1CC2CCC(C1)O2. The Kier molecular flexibility index (Phi) is 3.94. The van der Waals surface area contributed by atoms with Crippen LogP contribution in [0.1, 0.15) is 37.8 Å². The maximum Gasteiger partial charge on any atom is 0.131 e. The van der Waals surface area contributed by atoms with Gasteiger partial charge in [0, 0.05) is 31.9 Å². The van der Waals surface area contributed by atoms with E-state index in [9.17, 15) is 0 Å². The number of ether oxygens (including phenoxy) is 1. The molecule has 2 saturated heterocycles. The number of aromatic nitrogens is 1. The molecule has 1 aromatic rings. The minimum Gasteiger partial charge on any atom is -0.371 e. The molecular formula is C16H25N3O. The van der Waals surface area contributed by atoms with E-state index in [4.69, 9.17) is 9.72 Å². The van der Waals surface area contributed by atoms with Crippen LogP contribution >= 0.6 is 0 Å². The third kappa shape index (κ3) is 2.96. The second-order valence-corrected chi connectivity index (χ2v) is 6.38. The van der Waals surface area contributed by atoms with Crippen molar-refractivity contribution in [3.8, 4) is 0 Å². The quantitative estimate of drug-likeness (QED) is 0.914. The van der Waals surface area contributed by atoms with Gasteiger partial charge in [0.25, 0.3) is 0 Å². The Morgan fingerprint density at radius 3 is 2.65 bits per heavy atom. The van der Waals surface area contributed by atoms with Gasteiger partial charge in [0.2, 0.25) is 0 Å². The summed E-state index contributed by atoms with van der Waals surface area (Å²) in [6.07, 6.45) is 5.25. The molecule has 3 rings (SSSR count). The number of hydrogen-bond acceptors (Lipinski definition) is 4. The monoisotopic (exact) mass is 275 g/mol. The van der Waals surface area contributed by atoms with Gasteiger partial charge in [-0.2, -0.15) is 0 Å². The highest BCUT2D eigenvalue weighted by Crippen LogP contribution is 2.30. The summed E-state index contributed by atoms with van der Waals surface area (Å²) in [4.78, 5) is 7.11. The molecule has 4 heteroatoms. The maximum absolute atomic E-state index is 5.90. The molecule has 0 aliphatic carbocycles. The first-order valence-electron chi connectivity index (χ1n) is 7.71. The van der Waals surface area contributed by atoms with Gasteiger partial charge in [0.05, 0.1) is 12.2 Å². The Bertz CT molecular complexity index is 463. The van der Waals surface area contributed by atoms with Crippen LogP contribution in [0.25, 0.3) is 0 Å². The number of nitrogens with one attached hydrogen (secondary N) is 1. The summed E-state index contributed by atoms with van der Waals surface area (Å²) in [6, 6.07) is 2.76. The van der Waals surface area contributed by atoms with Crippen molar-refractivity contribution in [2.24, 2.45) is 0 Å². The van der Waals surface area contributed by atoms with Crippen molar-refractivity contribution < 1.29 is 4.74 Å². The molecule has 110 valence electrons. The van der Waals surface area contributed by atoms with Crippen LogP contribution in [0.2, 0.25) is 0 Å². The Morgan fingerprint density at radius 1 is 1.35 bits per heavy atom. The van der Waals surface area contributed by atoms with Gasteiger partial charge >= 0.3 is 0 Å². The van der Waals surface area contributed by atoms with Crippen LogP contribution in [0, 0.1) is 6.92 Å². The fraction of sp³-hybridized carbons (Fsp3) is 0.688. The first-order chi connectivity index (χ1) is 9.61. The molecule has 1 aromatic heterocycles. The highest BCUT2D eigenvalue weighted by molar-refractivity contribution is 5.48. The highest BCUT2D eigenvalue weighted by atomic mass is 16.5. The van der Waals surface area contributed by atoms with E-state index in [0.717, 1.165) is 25.5 Å².